The number of fused-ring (bicyclic) bond motifs is 1. The molecule has 2 aromatic heterocycles. The smallest absolute Gasteiger partial charge is 0.338 e. The van der Waals surface area contributed by atoms with Crippen molar-refractivity contribution in [3.8, 4) is 22.6 Å². The fraction of sp³-hybridized carbons (Fsp3) is 0.310. The molecule has 40 heavy (non-hydrogen) atoms. The fourth-order valence-corrected chi connectivity index (χ4v) is 4.83. The molecule has 0 atom stereocenters. The van der Waals surface area contributed by atoms with Crippen LogP contribution in [0.5, 0.6) is 11.5 Å². The van der Waals surface area contributed by atoms with Crippen LogP contribution in [0.1, 0.15) is 51.9 Å². The lowest BCUT2D eigenvalue weighted by Crippen LogP contribution is -2.12. The lowest BCUT2D eigenvalue weighted by atomic mass is 9.95. The molecule has 210 valence electrons. The molecule has 2 aromatic carbocycles. The number of nitrogens with one attached hydrogen (secondary N) is 1. The maximum Gasteiger partial charge on any atom is 0.338 e. The van der Waals surface area contributed by atoms with Crippen LogP contribution < -0.4 is 20.5 Å². The van der Waals surface area contributed by atoms with E-state index in [-0.39, 0.29) is 23.7 Å². The van der Waals surface area contributed by atoms with E-state index in [1.165, 1.54) is 26.6 Å². The number of benzene rings is 2. The molecule has 4 rings (SSSR count). The van der Waals surface area contributed by atoms with Gasteiger partial charge in [-0.05, 0) is 43.7 Å². The minimum absolute atomic E-state index is 0.00449. The number of aromatic nitrogens is 3. The SMILES string of the molecule is COC(=O)c1ccc(-c2c(CN)n(C(C)C)c3ncnc(NCc4ccc(OC)cc4OC)c23)c(C(=O)OC)c1. The quantitative estimate of drug-likeness (QED) is 0.276. The number of esters is 2. The van der Waals surface area contributed by atoms with Crippen LogP contribution in [0.25, 0.3) is 22.2 Å². The number of carbonyl (C=O) groups is 2. The number of hydrogen-bond donors (Lipinski definition) is 2. The van der Waals surface area contributed by atoms with E-state index in [2.05, 4.69) is 15.3 Å². The van der Waals surface area contributed by atoms with Gasteiger partial charge in [0.15, 0.2) is 0 Å². The first kappa shape index (κ1) is 28.4. The summed E-state index contributed by atoms with van der Waals surface area (Å²) in [6.45, 7) is 4.60. The van der Waals surface area contributed by atoms with Gasteiger partial charge in [0.25, 0.3) is 0 Å². The first-order valence-corrected chi connectivity index (χ1v) is 12.6. The molecule has 4 aromatic rings. The van der Waals surface area contributed by atoms with E-state index in [0.717, 1.165) is 11.3 Å². The molecule has 0 fully saturated rings. The average Bonchev–Trinajstić information content (AvgIpc) is 3.33. The van der Waals surface area contributed by atoms with E-state index < -0.39 is 11.9 Å². The molecular formula is C29H33N5O6. The third-order valence-electron chi connectivity index (χ3n) is 6.65. The highest BCUT2D eigenvalue weighted by Gasteiger charge is 2.27. The highest BCUT2D eigenvalue weighted by atomic mass is 16.5. The summed E-state index contributed by atoms with van der Waals surface area (Å²) in [5, 5.41) is 4.10. The van der Waals surface area contributed by atoms with Crippen molar-refractivity contribution in [1.29, 1.82) is 0 Å². The van der Waals surface area contributed by atoms with Crippen molar-refractivity contribution in [3.05, 3.63) is 65.1 Å². The summed E-state index contributed by atoms with van der Waals surface area (Å²) in [6.07, 6.45) is 1.49. The Balaban J connectivity index is 1.96. The predicted molar refractivity (Wildman–Crippen MR) is 151 cm³/mol. The van der Waals surface area contributed by atoms with Crippen molar-refractivity contribution in [2.24, 2.45) is 5.73 Å². The monoisotopic (exact) mass is 547 g/mol. The molecule has 0 bridgehead atoms. The summed E-state index contributed by atoms with van der Waals surface area (Å²) in [4.78, 5) is 34.4. The van der Waals surface area contributed by atoms with Gasteiger partial charge in [-0.1, -0.05) is 6.07 Å². The van der Waals surface area contributed by atoms with Crippen molar-refractivity contribution >= 4 is 28.8 Å². The van der Waals surface area contributed by atoms with Gasteiger partial charge in [-0.3, -0.25) is 0 Å². The van der Waals surface area contributed by atoms with Gasteiger partial charge in [0, 0.05) is 42.0 Å². The molecule has 0 saturated carbocycles. The number of methoxy groups -OCH3 is 4. The summed E-state index contributed by atoms with van der Waals surface area (Å²) in [7, 11) is 5.77. The molecule has 0 aliphatic rings. The number of carbonyl (C=O) groups excluding carboxylic acids is 2. The Morgan fingerprint density at radius 3 is 2.35 bits per heavy atom. The van der Waals surface area contributed by atoms with Crippen LogP contribution in [0.3, 0.4) is 0 Å². The Morgan fingerprint density at radius 2 is 1.73 bits per heavy atom. The third kappa shape index (κ3) is 5.15. The molecule has 0 aliphatic heterocycles. The molecule has 11 heteroatoms. The summed E-state index contributed by atoms with van der Waals surface area (Å²) in [6, 6.07) is 10.3. The summed E-state index contributed by atoms with van der Waals surface area (Å²) >= 11 is 0. The first-order chi connectivity index (χ1) is 19.3. The molecule has 0 saturated heterocycles. The second kappa shape index (κ2) is 12.0. The number of rotatable bonds is 10. The van der Waals surface area contributed by atoms with Crippen LogP contribution in [-0.2, 0) is 22.6 Å². The van der Waals surface area contributed by atoms with E-state index in [0.29, 0.717) is 46.0 Å². The van der Waals surface area contributed by atoms with Gasteiger partial charge >= 0.3 is 11.9 Å². The number of ether oxygens (including phenoxy) is 4. The van der Waals surface area contributed by atoms with E-state index >= 15 is 0 Å². The van der Waals surface area contributed by atoms with Crippen LogP contribution in [0, 0.1) is 0 Å². The first-order valence-electron chi connectivity index (χ1n) is 12.6. The van der Waals surface area contributed by atoms with Gasteiger partial charge < -0.3 is 34.6 Å². The van der Waals surface area contributed by atoms with Crippen LogP contribution in [0.4, 0.5) is 5.82 Å². The summed E-state index contributed by atoms with van der Waals surface area (Å²) < 4.78 is 22.9. The Hall–Kier alpha value is -4.64. The average molecular weight is 548 g/mol. The van der Waals surface area contributed by atoms with E-state index in [1.54, 1.807) is 26.4 Å². The minimum Gasteiger partial charge on any atom is -0.497 e. The molecule has 0 amide bonds. The fourth-order valence-electron chi connectivity index (χ4n) is 4.83. The van der Waals surface area contributed by atoms with Gasteiger partial charge in [0.1, 0.15) is 29.3 Å². The van der Waals surface area contributed by atoms with E-state index in [1.807, 2.05) is 36.6 Å². The normalized spacial score (nSPS) is 11.0. The van der Waals surface area contributed by atoms with Gasteiger partial charge in [-0.25, -0.2) is 19.6 Å². The molecule has 3 N–H and O–H groups in total. The highest BCUT2D eigenvalue weighted by molar-refractivity contribution is 6.09. The Morgan fingerprint density at radius 1 is 0.975 bits per heavy atom. The Kier molecular flexibility index (Phi) is 8.54. The summed E-state index contributed by atoms with van der Waals surface area (Å²) in [5.74, 6) is 0.702. The lowest BCUT2D eigenvalue weighted by molar-refractivity contribution is 0.0600. The van der Waals surface area contributed by atoms with Crippen molar-refractivity contribution in [3.63, 3.8) is 0 Å². The van der Waals surface area contributed by atoms with E-state index in [9.17, 15) is 9.59 Å². The van der Waals surface area contributed by atoms with E-state index in [4.69, 9.17) is 24.7 Å². The van der Waals surface area contributed by atoms with Crippen LogP contribution in [0.15, 0.2) is 42.7 Å². The van der Waals surface area contributed by atoms with Crippen molar-refractivity contribution in [2.45, 2.75) is 33.0 Å². The zero-order valence-electron chi connectivity index (χ0n) is 23.4. The molecule has 0 radical (unpaired) electrons. The van der Waals surface area contributed by atoms with Crippen LogP contribution >= 0.6 is 0 Å². The standard InChI is InChI=1S/C29H33N5O6/c1-16(2)34-22(13-30)24(20-10-8-17(28(35)39-5)11-21(20)29(36)40-6)25-26(32-15-33-27(25)34)31-14-18-7-9-19(37-3)12-23(18)38-4/h7-12,15-16H,13-14,30H2,1-6H3,(H,31,32,33). The van der Waals surface area contributed by atoms with Crippen LogP contribution in [0.2, 0.25) is 0 Å². The molecular weight excluding hydrogens is 514 g/mol. The van der Waals surface area contributed by atoms with Gasteiger partial charge in [0.05, 0.1) is 45.0 Å². The van der Waals surface area contributed by atoms with Crippen molar-refractivity contribution in [2.75, 3.05) is 33.8 Å². The molecule has 11 nitrogen and oxygen atoms in total. The Bertz CT molecular complexity index is 1560. The van der Waals surface area contributed by atoms with Crippen LogP contribution in [-0.4, -0.2) is 54.9 Å². The van der Waals surface area contributed by atoms with Gasteiger partial charge in [0.2, 0.25) is 0 Å². The lowest BCUT2D eigenvalue weighted by Gasteiger charge is -2.15. The molecule has 0 unspecified atom stereocenters. The topological polar surface area (TPSA) is 140 Å². The maximum atomic E-state index is 13.0. The molecule has 0 spiro atoms. The number of hydrogen-bond acceptors (Lipinski definition) is 10. The predicted octanol–water partition coefficient (Wildman–Crippen LogP) is 4.34. The largest absolute Gasteiger partial charge is 0.497 e. The van der Waals surface area contributed by atoms with Crippen molar-refractivity contribution < 1.29 is 28.5 Å². The maximum absolute atomic E-state index is 13.0. The summed E-state index contributed by atoms with van der Waals surface area (Å²) in [5.41, 5.74) is 10.2. The van der Waals surface area contributed by atoms with Gasteiger partial charge in [-0.15, -0.1) is 0 Å². The zero-order chi connectivity index (χ0) is 29.0. The van der Waals surface area contributed by atoms with Gasteiger partial charge in [-0.2, -0.15) is 0 Å². The molecule has 0 aliphatic carbocycles. The highest BCUT2D eigenvalue weighted by Crippen LogP contribution is 2.41. The number of nitrogens with zero attached hydrogens (tertiary/aromatic N) is 3. The minimum atomic E-state index is -0.608. The van der Waals surface area contributed by atoms with Crippen molar-refractivity contribution in [1.82, 2.24) is 14.5 Å². The second-order valence-electron chi connectivity index (χ2n) is 9.19. The number of nitrogens with two attached hydrogens (primary N) is 1. The number of anilines is 1. The zero-order valence-corrected chi connectivity index (χ0v) is 23.4. The third-order valence-corrected chi connectivity index (χ3v) is 6.65. The Labute approximate surface area is 232 Å². The second-order valence-corrected chi connectivity index (χ2v) is 9.19. The molecule has 2 heterocycles.